The van der Waals surface area contributed by atoms with Gasteiger partial charge in [-0.3, -0.25) is 5.43 Å². The van der Waals surface area contributed by atoms with Gasteiger partial charge in [-0.2, -0.15) is 10.2 Å². The molecule has 0 fully saturated rings. The predicted octanol–water partition coefficient (Wildman–Crippen LogP) is 4.38. The highest BCUT2D eigenvalue weighted by molar-refractivity contribution is 6.02. The lowest BCUT2D eigenvalue weighted by molar-refractivity contribution is 0.771. The fraction of sp³-hybridized carbons (Fsp3) is 0. The summed E-state index contributed by atoms with van der Waals surface area (Å²) in [4.78, 5) is 0. The van der Waals surface area contributed by atoms with E-state index in [-0.39, 0.29) is 18.6 Å². The Kier molecular flexibility index (Phi) is 6.00. The molecule has 0 aromatic heterocycles. The number of hydrogen-bond donors (Lipinski definition) is 2. The molecule has 3 aromatic carbocycles. The summed E-state index contributed by atoms with van der Waals surface area (Å²) >= 11 is 0. The van der Waals surface area contributed by atoms with Crippen LogP contribution in [0, 0.1) is 0 Å². The molecule has 128 valence electrons. The van der Waals surface area contributed by atoms with Crippen molar-refractivity contribution in [3.8, 4) is 0 Å². The predicted molar refractivity (Wildman–Crippen MR) is 106 cm³/mol. The number of hydrogen-bond acceptors (Lipinski definition) is 5. The topological polar surface area (TPSA) is 65.9 Å². The molecule has 0 aliphatic carbocycles. The quantitative estimate of drug-likeness (QED) is 0.733. The van der Waals surface area contributed by atoms with E-state index in [9.17, 15) is 0 Å². The van der Waals surface area contributed by atoms with Crippen molar-refractivity contribution in [1.29, 1.82) is 0 Å². The molecule has 0 radical (unpaired) electrons. The van der Waals surface area contributed by atoms with Crippen LogP contribution in [0.2, 0.25) is 0 Å². The molecule has 0 atom stereocenters. The number of para-hydroxylation sites is 2. The molecule has 5 nitrogen and oxygen atoms in total. The molecule has 0 amide bonds. The summed E-state index contributed by atoms with van der Waals surface area (Å²) in [6, 6.07) is 30.3. The normalized spacial score (nSPS) is 12.6. The molecule has 0 unspecified atom stereocenters. The Bertz CT molecular complexity index is 809. The summed E-state index contributed by atoms with van der Waals surface area (Å²) in [6.45, 7) is 0. The van der Waals surface area contributed by atoms with Gasteiger partial charge in [-0.25, -0.2) is 0 Å². The second-order valence-corrected chi connectivity index (χ2v) is 5.20. The van der Waals surface area contributed by atoms with Crippen LogP contribution in [-0.2, 0) is 0 Å². The highest BCUT2D eigenvalue weighted by Gasteiger charge is 2.25. The summed E-state index contributed by atoms with van der Waals surface area (Å²) in [5.41, 5.74) is 6.44. The number of rotatable bonds is 3. The van der Waals surface area contributed by atoms with Gasteiger partial charge in [-0.05, 0) is 24.3 Å². The van der Waals surface area contributed by atoms with Gasteiger partial charge >= 0.3 is 0 Å². The molecule has 1 aliphatic rings. The van der Waals surface area contributed by atoms with E-state index in [0.29, 0.717) is 0 Å². The fourth-order valence-corrected chi connectivity index (χ4v) is 2.51. The Morgan fingerprint density at radius 1 is 0.640 bits per heavy atom. The highest BCUT2D eigenvalue weighted by atomic mass is 35.5. The van der Waals surface area contributed by atoms with Crippen LogP contribution in [0.3, 0.4) is 0 Å². The van der Waals surface area contributed by atoms with Crippen molar-refractivity contribution in [3.63, 3.8) is 0 Å². The Morgan fingerprint density at radius 2 is 1.12 bits per heavy atom. The zero-order chi connectivity index (χ0) is 15.5. The lowest BCUT2D eigenvalue weighted by atomic mass is 10.2. The van der Waals surface area contributed by atoms with Crippen molar-refractivity contribution >= 4 is 29.6 Å². The zero-order valence-electron chi connectivity index (χ0n) is 13.6. The van der Waals surface area contributed by atoms with Gasteiger partial charge in [0.15, 0.2) is 5.84 Å². The largest absolute Gasteiger partial charge is 0.344 e. The second kappa shape index (κ2) is 8.19. The number of benzene rings is 3. The number of nitrogens with zero attached hydrogens (tertiary/aromatic N) is 3. The van der Waals surface area contributed by atoms with Gasteiger partial charge in [0.05, 0.1) is 11.4 Å². The molecule has 1 aliphatic heterocycles. The summed E-state index contributed by atoms with van der Waals surface area (Å²) in [6.07, 6.45) is 0. The molecule has 3 aromatic rings. The number of anilines is 2. The minimum absolute atomic E-state index is 0. The van der Waals surface area contributed by atoms with E-state index in [1.165, 1.54) is 0 Å². The van der Waals surface area contributed by atoms with Crippen molar-refractivity contribution in [2.24, 2.45) is 5.10 Å². The molecular formula is C19H20ClN5. The van der Waals surface area contributed by atoms with Crippen LogP contribution < -0.4 is 21.8 Å². The number of amidine groups is 1. The van der Waals surface area contributed by atoms with Gasteiger partial charge in [-0.1, -0.05) is 66.7 Å². The lowest BCUT2D eigenvalue weighted by Crippen LogP contribution is -2.44. The lowest BCUT2D eigenvalue weighted by Gasteiger charge is -2.27. The first-order valence-corrected chi connectivity index (χ1v) is 7.53. The van der Waals surface area contributed by atoms with Crippen molar-refractivity contribution in [2.45, 2.75) is 0 Å². The SMILES string of the molecule is Cl.N.c1ccc(C2=NN(c3ccccc3)N(c3ccccc3)N2)cc1. The maximum atomic E-state index is 4.75. The van der Waals surface area contributed by atoms with Gasteiger partial charge in [0.25, 0.3) is 0 Å². The zero-order valence-corrected chi connectivity index (χ0v) is 14.4. The van der Waals surface area contributed by atoms with Crippen LogP contribution in [0.15, 0.2) is 96.1 Å². The summed E-state index contributed by atoms with van der Waals surface area (Å²) in [5.74, 6) is 0.818. The first-order chi connectivity index (χ1) is 11.4. The molecule has 0 spiro atoms. The third-order valence-corrected chi connectivity index (χ3v) is 3.63. The molecule has 0 saturated carbocycles. The van der Waals surface area contributed by atoms with Gasteiger partial charge in [0, 0.05) is 5.56 Å². The molecule has 4 N–H and O–H groups in total. The monoisotopic (exact) mass is 353 g/mol. The molecule has 25 heavy (non-hydrogen) atoms. The minimum Gasteiger partial charge on any atom is -0.344 e. The van der Waals surface area contributed by atoms with Crippen molar-refractivity contribution < 1.29 is 0 Å². The number of hydrazine groups is 2. The summed E-state index contributed by atoms with van der Waals surface area (Å²) in [5, 5.41) is 8.57. The Labute approximate surface area is 153 Å². The minimum atomic E-state index is 0. The Hall–Kier alpha value is -3.02. The third-order valence-electron chi connectivity index (χ3n) is 3.63. The van der Waals surface area contributed by atoms with Crippen LogP contribution >= 0.6 is 12.4 Å². The molecule has 0 bridgehead atoms. The number of halogens is 1. The van der Waals surface area contributed by atoms with Gasteiger partial charge in [-0.15, -0.1) is 17.5 Å². The van der Waals surface area contributed by atoms with Crippen LogP contribution in [-0.4, -0.2) is 5.84 Å². The number of nitrogens with one attached hydrogen (secondary N) is 1. The fourth-order valence-electron chi connectivity index (χ4n) is 2.51. The molecule has 0 saturated heterocycles. The molecule has 4 rings (SSSR count). The summed E-state index contributed by atoms with van der Waals surface area (Å²) < 4.78 is 0. The number of hydrazone groups is 1. The molecular weight excluding hydrogens is 334 g/mol. The van der Waals surface area contributed by atoms with E-state index in [1.807, 2.05) is 101 Å². The maximum absolute atomic E-state index is 4.75. The standard InChI is InChI=1S/C19H16N4.ClH.H3N/c1-4-10-16(11-5-1)19-20-22(17-12-6-2-7-13-17)23(21-19)18-14-8-3-9-15-18;;/h1-15H,(H,20,21);1H;1H3. The smallest absolute Gasteiger partial charge is 0.176 e. The Balaban J connectivity index is 0.00000113. The molecule has 1 heterocycles. The van der Waals surface area contributed by atoms with Gasteiger partial charge in [0.1, 0.15) is 0 Å². The van der Waals surface area contributed by atoms with Crippen LogP contribution in [0.25, 0.3) is 0 Å². The second-order valence-electron chi connectivity index (χ2n) is 5.20. The van der Waals surface area contributed by atoms with Gasteiger partial charge in [0.2, 0.25) is 0 Å². The first kappa shape index (κ1) is 18.3. The maximum Gasteiger partial charge on any atom is 0.176 e. The summed E-state index contributed by atoms with van der Waals surface area (Å²) in [7, 11) is 0. The van der Waals surface area contributed by atoms with E-state index in [0.717, 1.165) is 22.8 Å². The Morgan fingerprint density at radius 3 is 1.68 bits per heavy atom. The molecule has 6 heteroatoms. The van der Waals surface area contributed by atoms with Crippen molar-refractivity contribution in [1.82, 2.24) is 11.6 Å². The first-order valence-electron chi connectivity index (χ1n) is 7.53. The van der Waals surface area contributed by atoms with E-state index >= 15 is 0 Å². The average Bonchev–Trinajstić information content (AvgIpc) is 3.09. The highest BCUT2D eigenvalue weighted by Crippen LogP contribution is 2.25. The van der Waals surface area contributed by atoms with Gasteiger partial charge < -0.3 is 6.15 Å². The third kappa shape index (κ3) is 3.74. The van der Waals surface area contributed by atoms with E-state index in [4.69, 9.17) is 5.10 Å². The average molecular weight is 354 g/mol. The van der Waals surface area contributed by atoms with E-state index in [1.54, 1.807) is 0 Å². The van der Waals surface area contributed by atoms with Crippen LogP contribution in [0.4, 0.5) is 11.4 Å². The van der Waals surface area contributed by atoms with E-state index in [2.05, 4.69) is 5.43 Å². The van der Waals surface area contributed by atoms with Crippen LogP contribution in [0.1, 0.15) is 5.56 Å². The van der Waals surface area contributed by atoms with Crippen LogP contribution in [0.5, 0.6) is 0 Å². The van der Waals surface area contributed by atoms with Crippen molar-refractivity contribution in [2.75, 3.05) is 10.2 Å². The van der Waals surface area contributed by atoms with E-state index < -0.39 is 0 Å². The van der Waals surface area contributed by atoms with Crippen molar-refractivity contribution in [3.05, 3.63) is 96.6 Å².